The van der Waals surface area contributed by atoms with Crippen molar-refractivity contribution in [3.8, 4) is 0 Å². The molecule has 2 aliphatic rings. The largest absolute Gasteiger partial charge is 0.364 e. The lowest BCUT2D eigenvalue weighted by atomic mass is 9.96. The molecule has 0 saturated heterocycles. The van der Waals surface area contributed by atoms with Crippen LogP contribution in [-0.2, 0) is 11.2 Å². The summed E-state index contributed by atoms with van der Waals surface area (Å²) in [5.41, 5.74) is 3.66. The van der Waals surface area contributed by atoms with Crippen molar-refractivity contribution in [3.63, 3.8) is 0 Å². The maximum absolute atomic E-state index is 12.0. The summed E-state index contributed by atoms with van der Waals surface area (Å²) in [6.45, 7) is 5.05. The molecule has 1 aromatic rings. The van der Waals surface area contributed by atoms with Crippen LogP contribution in [0.3, 0.4) is 0 Å². The smallest absolute Gasteiger partial charge is 0.163 e. The Hall–Kier alpha value is -1.57. The van der Waals surface area contributed by atoms with Gasteiger partial charge >= 0.3 is 0 Å². The van der Waals surface area contributed by atoms with Gasteiger partial charge in [-0.2, -0.15) is 0 Å². The van der Waals surface area contributed by atoms with E-state index in [0.717, 1.165) is 18.5 Å². The van der Waals surface area contributed by atoms with Gasteiger partial charge in [-0.25, -0.2) is 0 Å². The van der Waals surface area contributed by atoms with Gasteiger partial charge < -0.3 is 4.90 Å². The molecule has 2 atom stereocenters. The SMILES string of the molecule is CC1=C[C@@H](N2CCCc3ccccc32)[C@H](C)C1=O. The molecule has 0 unspecified atom stereocenters. The summed E-state index contributed by atoms with van der Waals surface area (Å²) < 4.78 is 0. The maximum Gasteiger partial charge on any atom is 0.163 e. The van der Waals surface area contributed by atoms with Crippen molar-refractivity contribution in [2.75, 3.05) is 11.4 Å². The summed E-state index contributed by atoms with van der Waals surface area (Å²) in [5.74, 6) is 0.402. The Kier molecular flexibility index (Phi) is 2.73. The number of ketones is 1. The molecular weight excluding hydrogens is 222 g/mol. The number of hydrogen-bond donors (Lipinski definition) is 0. The molecule has 18 heavy (non-hydrogen) atoms. The Labute approximate surface area is 108 Å². The van der Waals surface area contributed by atoms with Gasteiger partial charge in [0, 0.05) is 18.2 Å². The van der Waals surface area contributed by atoms with Crippen LogP contribution in [0.4, 0.5) is 5.69 Å². The molecule has 1 aliphatic heterocycles. The van der Waals surface area contributed by atoms with Crippen molar-refractivity contribution >= 4 is 11.5 Å². The zero-order valence-electron chi connectivity index (χ0n) is 11.0. The second-order valence-electron chi connectivity index (χ2n) is 5.42. The molecular formula is C16H19NO. The van der Waals surface area contributed by atoms with Crippen molar-refractivity contribution in [3.05, 3.63) is 41.5 Å². The predicted octanol–water partition coefficient (Wildman–Crippen LogP) is 2.97. The third-order valence-corrected chi connectivity index (χ3v) is 4.24. The number of aryl methyl sites for hydroxylation is 1. The second kappa shape index (κ2) is 4.27. The number of rotatable bonds is 1. The van der Waals surface area contributed by atoms with E-state index >= 15 is 0 Å². The van der Waals surface area contributed by atoms with E-state index in [1.54, 1.807) is 0 Å². The van der Waals surface area contributed by atoms with Crippen molar-refractivity contribution < 1.29 is 4.79 Å². The van der Waals surface area contributed by atoms with Crippen molar-refractivity contribution in [2.45, 2.75) is 32.7 Å². The first-order chi connectivity index (χ1) is 8.68. The number of carbonyl (C=O) groups is 1. The average molecular weight is 241 g/mol. The molecule has 0 aromatic heterocycles. The molecule has 2 heteroatoms. The Morgan fingerprint density at radius 1 is 1.28 bits per heavy atom. The predicted molar refractivity (Wildman–Crippen MR) is 73.8 cm³/mol. The van der Waals surface area contributed by atoms with E-state index in [2.05, 4.69) is 42.2 Å². The molecule has 1 aromatic carbocycles. The van der Waals surface area contributed by atoms with E-state index in [1.807, 2.05) is 6.92 Å². The topological polar surface area (TPSA) is 20.3 Å². The number of hydrogen-bond acceptors (Lipinski definition) is 2. The molecule has 3 rings (SSSR count). The lowest BCUT2D eigenvalue weighted by Gasteiger charge is -2.37. The summed E-state index contributed by atoms with van der Waals surface area (Å²) in [7, 11) is 0. The molecule has 2 nitrogen and oxygen atoms in total. The van der Waals surface area contributed by atoms with Gasteiger partial charge in [-0.1, -0.05) is 31.2 Å². The van der Waals surface area contributed by atoms with Gasteiger partial charge in [-0.05, 0) is 37.0 Å². The molecule has 0 N–H and O–H groups in total. The van der Waals surface area contributed by atoms with Gasteiger partial charge in [0.1, 0.15) is 0 Å². The molecule has 0 spiro atoms. The third-order valence-electron chi connectivity index (χ3n) is 4.24. The first-order valence-electron chi connectivity index (χ1n) is 6.75. The molecule has 0 saturated carbocycles. The van der Waals surface area contributed by atoms with Crippen LogP contribution in [0, 0.1) is 5.92 Å². The van der Waals surface area contributed by atoms with E-state index < -0.39 is 0 Å². The van der Waals surface area contributed by atoms with Gasteiger partial charge in [-0.3, -0.25) is 4.79 Å². The molecule has 0 bridgehead atoms. The number of allylic oxidation sites excluding steroid dienone is 1. The highest BCUT2D eigenvalue weighted by atomic mass is 16.1. The minimum Gasteiger partial charge on any atom is -0.364 e. The molecule has 0 amide bonds. The zero-order valence-corrected chi connectivity index (χ0v) is 11.0. The van der Waals surface area contributed by atoms with E-state index in [0.29, 0.717) is 5.78 Å². The lowest BCUT2D eigenvalue weighted by Crippen LogP contribution is -2.41. The summed E-state index contributed by atoms with van der Waals surface area (Å²) >= 11 is 0. The van der Waals surface area contributed by atoms with Crippen LogP contribution < -0.4 is 4.90 Å². The number of para-hydroxylation sites is 1. The van der Waals surface area contributed by atoms with E-state index in [-0.39, 0.29) is 12.0 Å². The second-order valence-corrected chi connectivity index (χ2v) is 5.42. The maximum atomic E-state index is 12.0. The van der Waals surface area contributed by atoms with Crippen LogP contribution in [0.25, 0.3) is 0 Å². The fourth-order valence-corrected chi connectivity index (χ4v) is 3.23. The monoisotopic (exact) mass is 241 g/mol. The van der Waals surface area contributed by atoms with Crippen LogP contribution in [0.2, 0.25) is 0 Å². The highest BCUT2D eigenvalue weighted by Gasteiger charge is 2.35. The van der Waals surface area contributed by atoms with Crippen LogP contribution in [-0.4, -0.2) is 18.4 Å². The molecule has 94 valence electrons. The van der Waals surface area contributed by atoms with E-state index in [4.69, 9.17) is 0 Å². The number of nitrogens with zero attached hydrogens (tertiary/aromatic N) is 1. The number of benzene rings is 1. The van der Waals surface area contributed by atoms with Crippen LogP contribution in [0.1, 0.15) is 25.8 Å². The van der Waals surface area contributed by atoms with Gasteiger partial charge in [0.2, 0.25) is 0 Å². The minimum atomic E-state index is 0.0937. The van der Waals surface area contributed by atoms with Crippen LogP contribution in [0.5, 0.6) is 0 Å². The minimum absolute atomic E-state index is 0.0937. The van der Waals surface area contributed by atoms with Gasteiger partial charge in [0.05, 0.1) is 6.04 Å². The van der Waals surface area contributed by atoms with Gasteiger partial charge in [0.25, 0.3) is 0 Å². The summed E-state index contributed by atoms with van der Waals surface area (Å²) in [4.78, 5) is 14.4. The van der Waals surface area contributed by atoms with Crippen molar-refractivity contribution in [1.82, 2.24) is 0 Å². The highest BCUT2D eigenvalue weighted by molar-refractivity contribution is 6.00. The quantitative estimate of drug-likeness (QED) is 0.753. The Balaban J connectivity index is 1.98. The van der Waals surface area contributed by atoms with E-state index in [1.165, 1.54) is 17.7 Å². The number of anilines is 1. The Morgan fingerprint density at radius 3 is 2.78 bits per heavy atom. The van der Waals surface area contributed by atoms with Crippen molar-refractivity contribution in [1.29, 1.82) is 0 Å². The van der Waals surface area contributed by atoms with Crippen molar-refractivity contribution in [2.24, 2.45) is 5.92 Å². The summed E-state index contributed by atoms with van der Waals surface area (Å²) in [5, 5.41) is 0. The average Bonchev–Trinajstić information content (AvgIpc) is 2.66. The number of fused-ring (bicyclic) bond motifs is 1. The first-order valence-corrected chi connectivity index (χ1v) is 6.75. The Morgan fingerprint density at radius 2 is 2.06 bits per heavy atom. The normalized spacial score (nSPS) is 27.1. The molecule has 0 radical (unpaired) electrons. The first kappa shape index (κ1) is 11.5. The highest BCUT2D eigenvalue weighted by Crippen LogP contribution is 2.34. The van der Waals surface area contributed by atoms with E-state index in [9.17, 15) is 4.79 Å². The summed E-state index contributed by atoms with van der Waals surface area (Å²) in [6.07, 6.45) is 4.49. The Bertz CT molecular complexity index is 518. The van der Waals surface area contributed by atoms with Crippen LogP contribution >= 0.6 is 0 Å². The fourth-order valence-electron chi connectivity index (χ4n) is 3.23. The fraction of sp³-hybridized carbons (Fsp3) is 0.438. The number of carbonyl (C=O) groups excluding carboxylic acids is 1. The van der Waals surface area contributed by atoms with Crippen LogP contribution in [0.15, 0.2) is 35.9 Å². The summed E-state index contributed by atoms with van der Waals surface area (Å²) in [6, 6.07) is 8.84. The number of Topliss-reactive ketones (excluding diaryl/α,β-unsaturated/α-hetero) is 1. The van der Waals surface area contributed by atoms with Gasteiger partial charge in [-0.15, -0.1) is 0 Å². The van der Waals surface area contributed by atoms with Gasteiger partial charge in [0.15, 0.2) is 5.78 Å². The lowest BCUT2D eigenvalue weighted by molar-refractivity contribution is -0.118. The molecule has 0 fully saturated rings. The third kappa shape index (κ3) is 1.67. The zero-order chi connectivity index (χ0) is 12.7. The molecule has 1 aliphatic carbocycles. The molecule has 1 heterocycles. The standard InChI is InChI=1S/C16H19NO/c1-11-10-15(12(2)16(11)18)17-9-5-7-13-6-3-4-8-14(13)17/h3-4,6,8,10,12,15H,5,7,9H2,1-2H3/t12-,15+/m0/s1.